The third-order valence-electron chi connectivity index (χ3n) is 3.13. The molecule has 0 radical (unpaired) electrons. The number of H-pyrrole nitrogens is 2. The van der Waals surface area contributed by atoms with Gasteiger partial charge in [0.25, 0.3) is 5.56 Å². The summed E-state index contributed by atoms with van der Waals surface area (Å²) in [5, 5.41) is 0. The molecule has 1 aromatic carbocycles. The summed E-state index contributed by atoms with van der Waals surface area (Å²) in [6, 6.07) is 5.83. The predicted molar refractivity (Wildman–Crippen MR) is 92.5 cm³/mol. The zero-order valence-corrected chi connectivity index (χ0v) is 14.6. The molecule has 3 rings (SSSR count). The van der Waals surface area contributed by atoms with Crippen LogP contribution in [0.5, 0.6) is 0 Å². The number of benzene rings is 1. The highest BCUT2D eigenvalue weighted by atomic mass is 127. The van der Waals surface area contributed by atoms with E-state index < -0.39 is 11.2 Å². The molecule has 0 amide bonds. The molecule has 3 aromatic rings. The monoisotopic (exact) mass is 460 g/mol. The van der Waals surface area contributed by atoms with Crippen LogP contribution in [0.2, 0.25) is 0 Å². The largest absolute Gasteiger partial charge is 0.332 e. The van der Waals surface area contributed by atoms with Crippen LogP contribution >= 0.6 is 38.5 Å². The highest BCUT2D eigenvalue weighted by molar-refractivity contribution is 14.1. The van der Waals surface area contributed by atoms with Crippen molar-refractivity contribution in [2.75, 3.05) is 0 Å². The van der Waals surface area contributed by atoms with Gasteiger partial charge in [-0.2, -0.15) is 0 Å². The van der Waals surface area contributed by atoms with E-state index in [-0.39, 0.29) is 0 Å². The molecule has 0 spiro atoms. The SMILES string of the molecule is CCn1c(=O)[nH]c(=O)c2[nH]c(-c3cc(I)ccc3Br)nc21. The zero-order chi connectivity index (χ0) is 15.1. The van der Waals surface area contributed by atoms with E-state index in [0.717, 1.165) is 13.6 Å². The van der Waals surface area contributed by atoms with Crippen molar-refractivity contribution in [3.8, 4) is 11.4 Å². The van der Waals surface area contributed by atoms with Gasteiger partial charge < -0.3 is 4.98 Å². The van der Waals surface area contributed by atoms with Crippen molar-refractivity contribution in [1.82, 2.24) is 19.5 Å². The fourth-order valence-corrected chi connectivity index (χ4v) is 3.07. The Morgan fingerprint density at radius 3 is 2.81 bits per heavy atom. The quantitative estimate of drug-likeness (QED) is 0.576. The minimum atomic E-state index is -0.458. The van der Waals surface area contributed by atoms with E-state index in [0.29, 0.717) is 23.5 Å². The van der Waals surface area contributed by atoms with Crippen LogP contribution in [0.1, 0.15) is 6.92 Å². The van der Waals surface area contributed by atoms with E-state index in [1.54, 1.807) is 0 Å². The lowest BCUT2D eigenvalue weighted by Crippen LogP contribution is -2.29. The number of aromatic nitrogens is 4. The summed E-state index contributed by atoms with van der Waals surface area (Å²) < 4.78 is 3.34. The number of imidazole rings is 1. The Labute approximate surface area is 140 Å². The Morgan fingerprint density at radius 2 is 2.10 bits per heavy atom. The highest BCUT2D eigenvalue weighted by Crippen LogP contribution is 2.28. The fraction of sp³-hybridized carbons (Fsp3) is 0.154. The number of hydrogen-bond acceptors (Lipinski definition) is 3. The third-order valence-corrected chi connectivity index (χ3v) is 4.50. The summed E-state index contributed by atoms with van der Waals surface area (Å²) in [5.74, 6) is 0.550. The number of rotatable bonds is 2. The van der Waals surface area contributed by atoms with E-state index in [4.69, 9.17) is 0 Å². The Balaban J connectivity index is 2.36. The molecular formula is C13H10BrIN4O2. The summed E-state index contributed by atoms with van der Waals surface area (Å²) in [4.78, 5) is 33.4. The van der Waals surface area contributed by atoms with Gasteiger partial charge in [0.15, 0.2) is 5.65 Å². The molecule has 0 aliphatic heterocycles. The van der Waals surface area contributed by atoms with Gasteiger partial charge in [0.05, 0.1) is 0 Å². The lowest BCUT2D eigenvalue weighted by atomic mass is 10.2. The van der Waals surface area contributed by atoms with Gasteiger partial charge in [0.1, 0.15) is 11.3 Å². The van der Waals surface area contributed by atoms with E-state index in [1.807, 2.05) is 25.1 Å². The zero-order valence-electron chi connectivity index (χ0n) is 10.9. The van der Waals surface area contributed by atoms with Crippen molar-refractivity contribution >= 4 is 49.7 Å². The van der Waals surface area contributed by atoms with Crippen LogP contribution in [0, 0.1) is 3.57 Å². The average molecular weight is 461 g/mol. The molecule has 0 aliphatic rings. The molecule has 2 heterocycles. The molecule has 6 nitrogen and oxygen atoms in total. The second-order valence-corrected chi connectivity index (χ2v) is 6.51. The lowest BCUT2D eigenvalue weighted by Gasteiger charge is -2.01. The van der Waals surface area contributed by atoms with Gasteiger partial charge in [-0.05, 0) is 47.7 Å². The molecule has 0 bridgehead atoms. The van der Waals surface area contributed by atoms with Gasteiger partial charge in [-0.1, -0.05) is 15.9 Å². The van der Waals surface area contributed by atoms with Crippen LogP contribution in [0.4, 0.5) is 0 Å². The summed E-state index contributed by atoms with van der Waals surface area (Å²) in [7, 11) is 0. The van der Waals surface area contributed by atoms with Gasteiger partial charge in [-0.25, -0.2) is 9.78 Å². The number of halogens is 2. The number of hydrogen-bond donors (Lipinski definition) is 2. The first-order valence-electron chi connectivity index (χ1n) is 6.19. The fourth-order valence-electron chi connectivity index (χ4n) is 2.14. The van der Waals surface area contributed by atoms with Gasteiger partial charge in [0, 0.05) is 20.2 Å². The maximum Gasteiger partial charge on any atom is 0.330 e. The molecule has 0 atom stereocenters. The van der Waals surface area contributed by atoms with E-state index in [9.17, 15) is 9.59 Å². The molecule has 0 unspecified atom stereocenters. The summed E-state index contributed by atoms with van der Waals surface area (Å²) >= 11 is 5.68. The van der Waals surface area contributed by atoms with Crippen LogP contribution in [-0.4, -0.2) is 19.5 Å². The molecular weight excluding hydrogens is 451 g/mol. The third kappa shape index (κ3) is 2.46. The normalized spacial score (nSPS) is 11.2. The maximum atomic E-state index is 11.9. The predicted octanol–water partition coefficient (Wildman–Crippen LogP) is 2.47. The Bertz CT molecular complexity index is 957. The summed E-state index contributed by atoms with van der Waals surface area (Å²) in [5.41, 5.74) is 0.604. The maximum absolute atomic E-state index is 11.9. The molecule has 2 N–H and O–H groups in total. The number of aryl methyl sites for hydroxylation is 1. The number of nitrogens with zero attached hydrogens (tertiary/aromatic N) is 2. The second-order valence-electron chi connectivity index (χ2n) is 4.41. The van der Waals surface area contributed by atoms with Gasteiger partial charge in [0.2, 0.25) is 0 Å². The van der Waals surface area contributed by atoms with Crippen LogP contribution in [0.15, 0.2) is 32.3 Å². The summed E-state index contributed by atoms with van der Waals surface area (Å²) in [6.07, 6.45) is 0. The van der Waals surface area contributed by atoms with Crippen molar-refractivity contribution in [3.63, 3.8) is 0 Å². The van der Waals surface area contributed by atoms with E-state index in [2.05, 4.69) is 53.5 Å². The minimum absolute atomic E-state index is 0.303. The van der Waals surface area contributed by atoms with Gasteiger partial charge >= 0.3 is 5.69 Å². The van der Waals surface area contributed by atoms with Crippen molar-refractivity contribution in [2.24, 2.45) is 0 Å². The topological polar surface area (TPSA) is 83.5 Å². The first-order valence-corrected chi connectivity index (χ1v) is 8.06. The minimum Gasteiger partial charge on any atom is -0.332 e. The van der Waals surface area contributed by atoms with Crippen molar-refractivity contribution < 1.29 is 0 Å². The van der Waals surface area contributed by atoms with Crippen LogP contribution in [-0.2, 0) is 6.54 Å². The lowest BCUT2D eigenvalue weighted by molar-refractivity contribution is 0.720. The molecule has 0 saturated heterocycles. The molecule has 0 aliphatic carbocycles. The smallest absolute Gasteiger partial charge is 0.330 e. The molecule has 0 fully saturated rings. The van der Waals surface area contributed by atoms with E-state index >= 15 is 0 Å². The Morgan fingerprint density at radius 1 is 1.33 bits per heavy atom. The van der Waals surface area contributed by atoms with Crippen LogP contribution in [0.25, 0.3) is 22.6 Å². The first-order chi connectivity index (χ1) is 10.0. The van der Waals surface area contributed by atoms with E-state index in [1.165, 1.54) is 4.57 Å². The standard InChI is InChI=1S/C13H10BrIN4O2/c1-2-19-11-9(12(20)18-13(19)21)16-10(17-11)7-5-6(15)3-4-8(7)14/h3-5H,2H2,1H3,(H,16,17)(H,18,20,21). The molecule has 0 saturated carbocycles. The highest BCUT2D eigenvalue weighted by Gasteiger charge is 2.14. The molecule has 2 aromatic heterocycles. The van der Waals surface area contributed by atoms with Gasteiger partial charge in [-0.3, -0.25) is 14.3 Å². The molecule has 108 valence electrons. The van der Waals surface area contributed by atoms with Crippen LogP contribution in [0.3, 0.4) is 0 Å². The number of fused-ring (bicyclic) bond motifs is 1. The Hall–Kier alpha value is -1.42. The first kappa shape index (κ1) is 14.5. The number of aromatic amines is 2. The summed E-state index contributed by atoms with van der Waals surface area (Å²) in [6.45, 7) is 2.26. The van der Waals surface area contributed by atoms with Crippen LogP contribution < -0.4 is 11.2 Å². The molecule has 21 heavy (non-hydrogen) atoms. The number of nitrogens with one attached hydrogen (secondary N) is 2. The average Bonchev–Trinajstić information content (AvgIpc) is 2.87. The second kappa shape index (κ2) is 5.41. The molecule has 8 heteroatoms. The van der Waals surface area contributed by atoms with Crippen molar-refractivity contribution in [1.29, 1.82) is 0 Å². The van der Waals surface area contributed by atoms with Crippen molar-refractivity contribution in [3.05, 3.63) is 47.1 Å². The Kier molecular flexibility index (Phi) is 3.74. The van der Waals surface area contributed by atoms with Crippen molar-refractivity contribution in [2.45, 2.75) is 13.5 Å². The van der Waals surface area contributed by atoms with Gasteiger partial charge in [-0.15, -0.1) is 0 Å².